The molecule has 0 amide bonds. The van der Waals surface area contributed by atoms with E-state index in [1.165, 1.54) is 36.0 Å². The van der Waals surface area contributed by atoms with E-state index in [2.05, 4.69) is 19.2 Å². The molecule has 0 aliphatic carbocycles. The summed E-state index contributed by atoms with van der Waals surface area (Å²) in [4.78, 5) is 0. The molecule has 1 atom stereocenters. The van der Waals surface area contributed by atoms with Crippen molar-refractivity contribution in [3.05, 3.63) is 28.8 Å². The second-order valence-corrected chi connectivity index (χ2v) is 4.50. The minimum Gasteiger partial charge on any atom is -0.508 e. The van der Waals surface area contributed by atoms with Gasteiger partial charge < -0.3 is 10.4 Å². The normalized spacial score (nSPS) is 20.2. The van der Waals surface area contributed by atoms with Gasteiger partial charge in [0.05, 0.1) is 0 Å². The standard InChI is InChI=1S/C13H19NO.ClH/c1-9-7-11(15)8-10(2)13(9)12-5-3-4-6-14-12;/h7-8,12,14-15H,3-6H2,1-2H3;1H/t12-;/m1./s1. The van der Waals surface area contributed by atoms with Gasteiger partial charge in [0.15, 0.2) is 0 Å². The van der Waals surface area contributed by atoms with Crippen molar-refractivity contribution in [3.63, 3.8) is 0 Å². The first-order valence-corrected chi connectivity index (χ1v) is 5.72. The van der Waals surface area contributed by atoms with Crippen LogP contribution in [0.3, 0.4) is 0 Å². The Bertz CT molecular complexity index is 336. The van der Waals surface area contributed by atoms with E-state index in [0.717, 1.165) is 6.54 Å². The minimum absolute atomic E-state index is 0. The van der Waals surface area contributed by atoms with Crippen molar-refractivity contribution < 1.29 is 5.11 Å². The van der Waals surface area contributed by atoms with Gasteiger partial charge in [0, 0.05) is 6.04 Å². The number of benzene rings is 1. The van der Waals surface area contributed by atoms with E-state index in [0.29, 0.717) is 11.8 Å². The molecule has 2 N–H and O–H groups in total. The summed E-state index contributed by atoms with van der Waals surface area (Å²) in [5, 5.41) is 13.1. The quantitative estimate of drug-likeness (QED) is 0.791. The Labute approximate surface area is 103 Å². The van der Waals surface area contributed by atoms with Gasteiger partial charge in [-0.1, -0.05) is 6.42 Å². The molecular formula is C13H20ClNO. The summed E-state index contributed by atoms with van der Waals surface area (Å²) in [6.07, 6.45) is 3.80. The lowest BCUT2D eigenvalue weighted by atomic mass is 9.90. The lowest BCUT2D eigenvalue weighted by molar-refractivity contribution is 0.408. The summed E-state index contributed by atoms with van der Waals surface area (Å²) in [5.74, 6) is 0.379. The lowest BCUT2D eigenvalue weighted by Gasteiger charge is -2.27. The first kappa shape index (κ1) is 13.3. The SMILES string of the molecule is Cc1cc(O)cc(C)c1[C@H]1CCCCN1.Cl. The maximum Gasteiger partial charge on any atom is 0.116 e. The van der Waals surface area contributed by atoms with Crippen molar-refractivity contribution in [1.29, 1.82) is 0 Å². The third-order valence-electron chi connectivity index (χ3n) is 3.24. The highest BCUT2D eigenvalue weighted by molar-refractivity contribution is 5.85. The molecule has 3 heteroatoms. The molecule has 0 spiro atoms. The first-order chi connectivity index (χ1) is 7.18. The first-order valence-electron chi connectivity index (χ1n) is 5.72. The summed E-state index contributed by atoms with van der Waals surface area (Å²) in [6, 6.07) is 4.20. The zero-order valence-corrected chi connectivity index (χ0v) is 10.7. The Morgan fingerprint density at radius 2 is 1.81 bits per heavy atom. The van der Waals surface area contributed by atoms with Crippen LogP contribution in [0.15, 0.2) is 12.1 Å². The van der Waals surface area contributed by atoms with Gasteiger partial charge in [0.25, 0.3) is 0 Å². The Morgan fingerprint density at radius 3 is 2.31 bits per heavy atom. The number of phenolic OH excluding ortho intramolecular Hbond substituents is 1. The highest BCUT2D eigenvalue weighted by atomic mass is 35.5. The number of halogens is 1. The van der Waals surface area contributed by atoms with E-state index in [4.69, 9.17) is 0 Å². The molecule has 0 saturated carbocycles. The van der Waals surface area contributed by atoms with Gasteiger partial charge in [-0.2, -0.15) is 0 Å². The van der Waals surface area contributed by atoms with E-state index in [1.807, 2.05) is 12.1 Å². The minimum atomic E-state index is 0. The maximum absolute atomic E-state index is 9.50. The Morgan fingerprint density at radius 1 is 1.19 bits per heavy atom. The number of piperidine rings is 1. The molecule has 90 valence electrons. The Kier molecular flexibility index (Phi) is 4.63. The molecule has 0 aromatic heterocycles. The smallest absolute Gasteiger partial charge is 0.116 e. The maximum atomic E-state index is 9.50. The Balaban J connectivity index is 0.00000128. The molecule has 1 aliphatic heterocycles. The fraction of sp³-hybridized carbons (Fsp3) is 0.538. The summed E-state index contributed by atoms with van der Waals surface area (Å²) >= 11 is 0. The fourth-order valence-corrected chi connectivity index (χ4v) is 2.60. The zero-order valence-electron chi connectivity index (χ0n) is 9.92. The molecule has 2 rings (SSSR count). The summed E-state index contributed by atoms with van der Waals surface area (Å²) in [6.45, 7) is 5.28. The van der Waals surface area contributed by atoms with Crippen LogP contribution in [0.5, 0.6) is 5.75 Å². The predicted molar refractivity (Wildman–Crippen MR) is 69.4 cm³/mol. The Hall–Kier alpha value is -0.730. The number of aromatic hydroxyl groups is 1. The van der Waals surface area contributed by atoms with Gasteiger partial charge in [-0.3, -0.25) is 0 Å². The van der Waals surface area contributed by atoms with E-state index in [-0.39, 0.29) is 12.4 Å². The van der Waals surface area contributed by atoms with Crippen molar-refractivity contribution in [2.45, 2.75) is 39.2 Å². The van der Waals surface area contributed by atoms with Crippen molar-refractivity contribution in [2.75, 3.05) is 6.54 Å². The third-order valence-corrected chi connectivity index (χ3v) is 3.24. The number of hydrogen-bond acceptors (Lipinski definition) is 2. The molecule has 2 nitrogen and oxygen atoms in total. The van der Waals surface area contributed by atoms with E-state index in [9.17, 15) is 5.11 Å². The number of hydrogen-bond donors (Lipinski definition) is 2. The van der Waals surface area contributed by atoms with Gasteiger partial charge in [0.2, 0.25) is 0 Å². The molecule has 1 fully saturated rings. The number of rotatable bonds is 1. The van der Waals surface area contributed by atoms with Crippen molar-refractivity contribution in [2.24, 2.45) is 0 Å². The third kappa shape index (κ3) is 2.69. The van der Waals surface area contributed by atoms with Crippen LogP contribution >= 0.6 is 12.4 Å². The topological polar surface area (TPSA) is 32.3 Å². The molecule has 0 bridgehead atoms. The average Bonchev–Trinajstić information content (AvgIpc) is 2.17. The van der Waals surface area contributed by atoms with Crippen LogP contribution in [-0.4, -0.2) is 11.7 Å². The van der Waals surface area contributed by atoms with Crippen LogP contribution in [0.2, 0.25) is 0 Å². The van der Waals surface area contributed by atoms with Crippen LogP contribution in [0.1, 0.15) is 42.0 Å². The molecule has 1 aromatic carbocycles. The van der Waals surface area contributed by atoms with E-state index >= 15 is 0 Å². The second kappa shape index (κ2) is 5.55. The van der Waals surface area contributed by atoms with Crippen LogP contribution in [0.25, 0.3) is 0 Å². The van der Waals surface area contributed by atoms with Crippen LogP contribution in [0, 0.1) is 13.8 Å². The van der Waals surface area contributed by atoms with E-state index < -0.39 is 0 Å². The molecule has 16 heavy (non-hydrogen) atoms. The lowest BCUT2D eigenvalue weighted by Crippen LogP contribution is -2.27. The summed E-state index contributed by atoms with van der Waals surface area (Å²) < 4.78 is 0. The zero-order chi connectivity index (χ0) is 10.8. The van der Waals surface area contributed by atoms with Gasteiger partial charge in [-0.15, -0.1) is 12.4 Å². The van der Waals surface area contributed by atoms with Crippen LogP contribution in [0.4, 0.5) is 0 Å². The monoisotopic (exact) mass is 241 g/mol. The molecule has 1 aromatic rings. The molecular weight excluding hydrogens is 222 g/mol. The van der Waals surface area contributed by atoms with Gasteiger partial charge in [0.1, 0.15) is 5.75 Å². The fourth-order valence-electron chi connectivity index (χ4n) is 2.60. The second-order valence-electron chi connectivity index (χ2n) is 4.50. The number of phenols is 1. The highest BCUT2D eigenvalue weighted by Crippen LogP contribution is 2.30. The molecule has 1 saturated heterocycles. The summed E-state index contributed by atoms with van der Waals surface area (Å²) in [7, 11) is 0. The van der Waals surface area contributed by atoms with Crippen LogP contribution in [-0.2, 0) is 0 Å². The van der Waals surface area contributed by atoms with Crippen molar-refractivity contribution in [1.82, 2.24) is 5.32 Å². The van der Waals surface area contributed by atoms with Crippen molar-refractivity contribution >= 4 is 12.4 Å². The number of aryl methyl sites for hydroxylation is 2. The number of nitrogens with one attached hydrogen (secondary N) is 1. The highest BCUT2D eigenvalue weighted by Gasteiger charge is 2.18. The van der Waals surface area contributed by atoms with Gasteiger partial charge in [-0.25, -0.2) is 0 Å². The largest absolute Gasteiger partial charge is 0.508 e. The molecule has 1 heterocycles. The molecule has 1 aliphatic rings. The van der Waals surface area contributed by atoms with E-state index in [1.54, 1.807) is 0 Å². The molecule has 0 radical (unpaired) electrons. The predicted octanol–water partition coefficient (Wildman–Crippen LogP) is 3.25. The summed E-state index contributed by atoms with van der Waals surface area (Å²) in [5.41, 5.74) is 3.78. The molecule has 0 unspecified atom stereocenters. The van der Waals surface area contributed by atoms with Crippen LogP contribution < -0.4 is 5.32 Å². The van der Waals surface area contributed by atoms with Crippen molar-refractivity contribution in [3.8, 4) is 5.75 Å². The average molecular weight is 242 g/mol. The van der Waals surface area contributed by atoms with Gasteiger partial charge in [-0.05, 0) is 62.1 Å². The van der Waals surface area contributed by atoms with Gasteiger partial charge >= 0.3 is 0 Å².